The second-order valence-corrected chi connectivity index (χ2v) is 7.14. The molecule has 3 rings (SSSR count). The van der Waals surface area contributed by atoms with E-state index in [0.717, 1.165) is 24.3 Å². The van der Waals surface area contributed by atoms with Crippen LogP contribution in [0.25, 0.3) is 6.08 Å². The van der Waals surface area contributed by atoms with Crippen molar-refractivity contribution in [1.82, 2.24) is 10.2 Å². The van der Waals surface area contributed by atoms with Crippen molar-refractivity contribution in [2.45, 2.75) is 19.1 Å². The molecule has 0 saturated heterocycles. The molecule has 10 heteroatoms. The van der Waals surface area contributed by atoms with Crippen LogP contribution in [-0.4, -0.2) is 40.9 Å². The largest absolute Gasteiger partial charge is 0.478 e. The SMILES string of the molecule is O=C(/C=C/c1ccc(C(F)(F)F)cc1)NCC(=O)N1CCc2cc(C(=O)O)c(F)cc2C1. The monoisotopic (exact) mass is 450 g/mol. The number of hydrogen-bond acceptors (Lipinski definition) is 3. The first kappa shape index (κ1) is 23.0. The second kappa shape index (κ2) is 9.21. The molecule has 32 heavy (non-hydrogen) atoms. The molecule has 2 aromatic carbocycles. The van der Waals surface area contributed by atoms with Gasteiger partial charge in [-0.25, -0.2) is 9.18 Å². The fourth-order valence-electron chi connectivity index (χ4n) is 3.24. The molecule has 0 fully saturated rings. The van der Waals surface area contributed by atoms with Crippen molar-refractivity contribution < 1.29 is 37.1 Å². The van der Waals surface area contributed by atoms with Crippen molar-refractivity contribution in [3.8, 4) is 0 Å². The van der Waals surface area contributed by atoms with E-state index in [2.05, 4.69) is 5.32 Å². The molecule has 0 aromatic heterocycles. The first-order chi connectivity index (χ1) is 15.0. The van der Waals surface area contributed by atoms with Crippen LogP contribution in [0.2, 0.25) is 0 Å². The number of carbonyl (C=O) groups excluding carboxylic acids is 2. The lowest BCUT2D eigenvalue weighted by Gasteiger charge is -2.29. The number of carbonyl (C=O) groups is 3. The number of halogens is 4. The molecule has 0 radical (unpaired) electrons. The topological polar surface area (TPSA) is 86.7 Å². The molecule has 0 unspecified atom stereocenters. The van der Waals surface area contributed by atoms with E-state index < -0.39 is 40.9 Å². The molecule has 2 N–H and O–H groups in total. The highest BCUT2D eigenvalue weighted by Gasteiger charge is 2.29. The summed E-state index contributed by atoms with van der Waals surface area (Å²) in [5, 5.41) is 11.4. The van der Waals surface area contributed by atoms with Gasteiger partial charge >= 0.3 is 12.1 Å². The zero-order valence-corrected chi connectivity index (χ0v) is 16.6. The number of carboxylic acid groups (broad SMARTS) is 1. The van der Waals surface area contributed by atoms with Crippen LogP contribution >= 0.6 is 0 Å². The van der Waals surface area contributed by atoms with Crippen molar-refractivity contribution in [2.24, 2.45) is 0 Å². The summed E-state index contributed by atoms with van der Waals surface area (Å²) in [6.07, 6.45) is -1.67. The molecule has 1 heterocycles. The number of benzene rings is 2. The average molecular weight is 450 g/mol. The van der Waals surface area contributed by atoms with Crippen LogP contribution in [0.3, 0.4) is 0 Å². The zero-order valence-electron chi connectivity index (χ0n) is 16.6. The number of amides is 2. The van der Waals surface area contributed by atoms with Gasteiger partial charge in [-0.3, -0.25) is 9.59 Å². The van der Waals surface area contributed by atoms with E-state index in [1.807, 2.05) is 0 Å². The number of carboxylic acids is 1. The Kier molecular flexibility index (Phi) is 6.61. The van der Waals surface area contributed by atoms with Gasteiger partial charge in [0.25, 0.3) is 0 Å². The first-order valence-corrected chi connectivity index (χ1v) is 9.50. The van der Waals surface area contributed by atoms with Crippen molar-refractivity contribution >= 4 is 23.9 Å². The van der Waals surface area contributed by atoms with Crippen LogP contribution < -0.4 is 5.32 Å². The second-order valence-electron chi connectivity index (χ2n) is 7.14. The third kappa shape index (κ3) is 5.51. The number of aromatic carboxylic acids is 1. The number of hydrogen-bond donors (Lipinski definition) is 2. The maximum Gasteiger partial charge on any atom is 0.416 e. The number of fused-ring (bicyclic) bond motifs is 1. The van der Waals surface area contributed by atoms with Crippen molar-refractivity contribution in [3.05, 3.63) is 76.1 Å². The summed E-state index contributed by atoms with van der Waals surface area (Å²) in [6, 6.07) is 6.61. The van der Waals surface area contributed by atoms with E-state index in [9.17, 15) is 31.9 Å². The lowest BCUT2D eigenvalue weighted by atomic mass is 9.96. The molecular formula is C22H18F4N2O4. The summed E-state index contributed by atoms with van der Waals surface area (Å²) in [5.74, 6) is -3.26. The molecule has 1 aliphatic rings. The molecular weight excluding hydrogens is 432 g/mol. The summed E-state index contributed by atoms with van der Waals surface area (Å²) in [5.41, 5.74) is 0.314. The Morgan fingerprint density at radius 1 is 1.09 bits per heavy atom. The molecule has 0 atom stereocenters. The standard InChI is InChI=1S/C22H18F4N2O4/c23-18-10-15-12-28(8-7-14(15)9-17(18)21(31)32)20(30)11-27-19(29)6-3-13-1-4-16(5-2-13)22(24,25)26/h1-6,9-10H,7-8,11-12H2,(H,27,29)(H,31,32)/b6-3+. The third-order valence-corrected chi connectivity index (χ3v) is 4.96. The van der Waals surface area contributed by atoms with Gasteiger partial charge < -0.3 is 15.3 Å². The van der Waals surface area contributed by atoms with Crippen LogP contribution in [0.1, 0.15) is 32.6 Å². The van der Waals surface area contributed by atoms with Gasteiger partial charge in [0.05, 0.1) is 17.7 Å². The lowest BCUT2D eigenvalue weighted by Crippen LogP contribution is -2.42. The summed E-state index contributed by atoms with van der Waals surface area (Å²) in [4.78, 5) is 36.7. The number of nitrogens with one attached hydrogen (secondary N) is 1. The Bertz CT molecular complexity index is 1080. The number of alkyl halides is 3. The van der Waals surface area contributed by atoms with Gasteiger partial charge in [-0.2, -0.15) is 13.2 Å². The Morgan fingerprint density at radius 2 is 1.78 bits per heavy atom. The van der Waals surface area contributed by atoms with E-state index in [-0.39, 0.29) is 19.6 Å². The molecule has 0 saturated carbocycles. The molecule has 168 valence electrons. The molecule has 0 aliphatic carbocycles. The summed E-state index contributed by atoms with van der Waals surface area (Å²) in [6.45, 7) is 0.0528. The van der Waals surface area contributed by atoms with Gasteiger partial charge in [0, 0.05) is 19.2 Å². The van der Waals surface area contributed by atoms with Crippen molar-refractivity contribution in [1.29, 1.82) is 0 Å². The smallest absolute Gasteiger partial charge is 0.416 e. The van der Waals surface area contributed by atoms with Crippen LogP contribution in [-0.2, 0) is 28.7 Å². The first-order valence-electron chi connectivity index (χ1n) is 9.50. The molecule has 1 aliphatic heterocycles. The maximum absolute atomic E-state index is 13.9. The maximum atomic E-state index is 13.9. The lowest BCUT2D eigenvalue weighted by molar-refractivity contribution is -0.137. The quantitative estimate of drug-likeness (QED) is 0.541. The Hall–Kier alpha value is -3.69. The zero-order chi connectivity index (χ0) is 23.5. The van der Waals surface area contributed by atoms with Gasteiger partial charge in [0.15, 0.2) is 0 Å². The van der Waals surface area contributed by atoms with Crippen LogP contribution in [0.15, 0.2) is 42.5 Å². The van der Waals surface area contributed by atoms with Crippen LogP contribution in [0.5, 0.6) is 0 Å². The Balaban J connectivity index is 1.53. The van der Waals surface area contributed by atoms with Gasteiger partial charge in [0.2, 0.25) is 11.8 Å². The molecule has 0 bridgehead atoms. The molecule has 2 amide bonds. The molecule has 6 nitrogen and oxygen atoms in total. The highest BCUT2D eigenvalue weighted by atomic mass is 19.4. The minimum Gasteiger partial charge on any atom is -0.478 e. The minimum absolute atomic E-state index is 0.0856. The van der Waals surface area contributed by atoms with Gasteiger partial charge in [-0.05, 0) is 53.5 Å². The van der Waals surface area contributed by atoms with Crippen molar-refractivity contribution in [2.75, 3.05) is 13.1 Å². The number of nitrogens with zero attached hydrogens (tertiary/aromatic N) is 1. The number of rotatable bonds is 5. The van der Waals surface area contributed by atoms with E-state index >= 15 is 0 Å². The van der Waals surface area contributed by atoms with Crippen LogP contribution in [0.4, 0.5) is 17.6 Å². The van der Waals surface area contributed by atoms with Gasteiger partial charge in [-0.1, -0.05) is 12.1 Å². The average Bonchev–Trinajstić information content (AvgIpc) is 2.74. The predicted molar refractivity (Wildman–Crippen MR) is 106 cm³/mol. The highest BCUT2D eigenvalue weighted by Crippen LogP contribution is 2.29. The van der Waals surface area contributed by atoms with E-state index in [4.69, 9.17) is 5.11 Å². The normalized spacial score (nSPS) is 13.7. The molecule has 0 spiro atoms. The minimum atomic E-state index is -4.45. The fourth-order valence-corrected chi connectivity index (χ4v) is 3.24. The van der Waals surface area contributed by atoms with E-state index in [0.29, 0.717) is 23.1 Å². The van der Waals surface area contributed by atoms with Gasteiger partial charge in [0.1, 0.15) is 5.82 Å². The Morgan fingerprint density at radius 3 is 2.41 bits per heavy atom. The van der Waals surface area contributed by atoms with E-state index in [1.165, 1.54) is 29.2 Å². The summed E-state index contributed by atoms with van der Waals surface area (Å²) < 4.78 is 51.6. The van der Waals surface area contributed by atoms with Gasteiger partial charge in [-0.15, -0.1) is 0 Å². The van der Waals surface area contributed by atoms with E-state index in [1.54, 1.807) is 0 Å². The third-order valence-electron chi connectivity index (χ3n) is 4.96. The summed E-state index contributed by atoms with van der Waals surface area (Å²) >= 11 is 0. The fraction of sp³-hybridized carbons (Fsp3) is 0.227. The summed E-state index contributed by atoms with van der Waals surface area (Å²) in [7, 11) is 0. The highest BCUT2D eigenvalue weighted by molar-refractivity contribution is 5.94. The van der Waals surface area contributed by atoms with Crippen LogP contribution in [0, 0.1) is 5.82 Å². The predicted octanol–water partition coefficient (Wildman–Crippen LogP) is 3.26. The Labute approximate surface area is 180 Å². The van der Waals surface area contributed by atoms with Crippen molar-refractivity contribution in [3.63, 3.8) is 0 Å². The molecule has 2 aromatic rings.